The van der Waals surface area contributed by atoms with Gasteiger partial charge < -0.3 is 9.47 Å². The number of aromatic nitrogens is 1. The van der Waals surface area contributed by atoms with Crippen molar-refractivity contribution in [2.75, 3.05) is 0 Å². The van der Waals surface area contributed by atoms with Crippen LogP contribution in [0.15, 0.2) is 91.1 Å². The lowest BCUT2D eigenvalue weighted by Crippen LogP contribution is -2.35. The van der Waals surface area contributed by atoms with Gasteiger partial charge in [0.25, 0.3) is 11.7 Å². The molecule has 0 atom stereocenters. The Kier molecular flexibility index (Phi) is 5.25. The predicted octanol–water partition coefficient (Wildman–Crippen LogP) is 4.59. The van der Waals surface area contributed by atoms with Gasteiger partial charge in [0, 0.05) is 37.2 Å². The number of amides is 1. The molecule has 4 aromatic rings. The van der Waals surface area contributed by atoms with E-state index in [-0.39, 0.29) is 0 Å². The van der Waals surface area contributed by atoms with E-state index in [0.717, 1.165) is 22.0 Å². The number of nitrogens with zero attached hydrogens (tertiary/aromatic N) is 2. The third-order valence-corrected chi connectivity index (χ3v) is 5.06. The number of carbonyl (C=O) groups is 2. The number of carbonyl (C=O) groups excluding carboxylic acids is 2. The molecular formula is C25H22N2O2. The van der Waals surface area contributed by atoms with Crippen LogP contribution in [-0.2, 0) is 24.9 Å². The summed E-state index contributed by atoms with van der Waals surface area (Å²) in [4.78, 5) is 28.1. The number of hydrogen-bond donors (Lipinski definition) is 0. The van der Waals surface area contributed by atoms with E-state index in [1.54, 1.807) is 11.1 Å². The Morgan fingerprint density at radius 1 is 0.759 bits per heavy atom. The van der Waals surface area contributed by atoms with Gasteiger partial charge in [0.05, 0.1) is 5.56 Å². The number of ketones is 1. The van der Waals surface area contributed by atoms with Gasteiger partial charge in [-0.2, -0.15) is 0 Å². The quantitative estimate of drug-likeness (QED) is 0.362. The maximum absolute atomic E-state index is 13.3. The largest absolute Gasteiger partial charge is 0.350 e. The minimum Gasteiger partial charge on any atom is -0.350 e. The summed E-state index contributed by atoms with van der Waals surface area (Å²) in [7, 11) is 1.88. The number of benzene rings is 3. The van der Waals surface area contributed by atoms with Gasteiger partial charge in [0.2, 0.25) is 0 Å². The molecule has 0 unspecified atom stereocenters. The van der Waals surface area contributed by atoms with Crippen LogP contribution in [-0.4, -0.2) is 21.2 Å². The maximum atomic E-state index is 13.3. The highest BCUT2D eigenvalue weighted by molar-refractivity contribution is 6.44. The van der Waals surface area contributed by atoms with Crippen LogP contribution in [0.4, 0.5) is 0 Å². The first-order valence-corrected chi connectivity index (χ1v) is 9.59. The second-order valence-corrected chi connectivity index (χ2v) is 7.13. The number of hydrogen-bond acceptors (Lipinski definition) is 2. The summed E-state index contributed by atoms with van der Waals surface area (Å²) in [6, 6.07) is 27.1. The van der Waals surface area contributed by atoms with E-state index in [1.807, 2.05) is 96.5 Å². The molecule has 0 aliphatic heterocycles. The van der Waals surface area contributed by atoms with Crippen molar-refractivity contribution in [2.24, 2.45) is 7.05 Å². The third kappa shape index (κ3) is 3.97. The van der Waals surface area contributed by atoms with Gasteiger partial charge in [0.15, 0.2) is 0 Å². The lowest BCUT2D eigenvalue weighted by molar-refractivity contribution is -0.127. The maximum Gasteiger partial charge on any atom is 0.295 e. The molecule has 0 aliphatic rings. The Morgan fingerprint density at radius 2 is 1.28 bits per heavy atom. The molecule has 0 saturated heterocycles. The van der Waals surface area contributed by atoms with E-state index in [1.165, 1.54) is 0 Å². The van der Waals surface area contributed by atoms with Gasteiger partial charge in [-0.05, 0) is 17.2 Å². The SMILES string of the molecule is Cn1cc(C(=O)C(=O)N(Cc2ccccc2)Cc2ccccc2)c2ccccc21. The number of aryl methyl sites for hydroxylation is 1. The average Bonchev–Trinajstić information content (AvgIpc) is 3.10. The second kappa shape index (κ2) is 8.15. The van der Waals surface area contributed by atoms with Crippen LogP contribution in [0.25, 0.3) is 10.9 Å². The van der Waals surface area contributed by atoms with Gasteiger partial charge in [0.1, 0.15) is 0 Å². The fraction of sp³-hybridized carbons (Fsp3) is 0.120. The van der Waals surface area contributed by atoms with Gasteiger partial charge in [-0.3, -0.25) is 9.59 Å². The van der Waals surface area contributed by atoms with Crippen molar-refractivity contribution >= 4 is 22.6 Å². The fourth-order valence-electron chi connectivity index (χ4n) is 3.59. The monoisotopic (exact) mass is 382 g/mol. The zero-order valence-electron chi connectivity index (χ0n) is 16.3. The summed E-state index contributed by atoms with van der Waals surface area (Å²) in [6.45, 7) is 0.760. The van der Waals surface area contributed by atoms with Crippen LogP contribution in [0.5, 0.6) is 0 Å². The summed E-state index contributed by atoms with van der Waals surface area (Å²) in [5.41, 5.74) is 3.35. The van der Waals surface area contributed by atoms with Gasteiger partial charge in [-0.1, -0.05) is 78.9 Å². The van der Waals surface area contributed by atoms with Crippen molar-refractivity contribution in [2.45, 2.75) is 13.1 Å². The minimum absolute atomic E-state index is 0.380. The van der Waals surface area contributed by atoms with E-state index < -0.39 is 11.7 Å². The van der Waals surface area contributed by atoms with Crippen LogP contribution in [0, 0.1) is 0 Å². The fourth-order valence-corrected chi connectivity index (χ4v) is 3.59. The zero-order chi connectivity index (χ0) is 20.2. The van der Waals surface area contributed by atoms with Crippen molar-refractivity contribution in [3.8, 4) is 0 Å². The molecule has 144 valence electrons. The summed E-state index contributed by atoms with van der Waals surface area (Å²) < 4.78 is 1.88. The average molecular weight is 382 g/mol. The van der Waals surface area contributed by atoms with Crippen LogP contribution in [0.2, 0.25) is 0 Å². The van der Waals surface area contributed by atoms with Crippen LogP contribution in [0.1, 0.15) is 21.5 Å². The first-order valence-electron chi connectivity index (χ1n) is 9.59. The molecule has 0 bridgehead atoms. The first kappa shape index (κ1) is 18.7. The molecule has 0 radical (unpaired) electrons. The topological polar surface area (TPSA) is 42.3 Å². The molecule has 3 aromatic carbocycles. The molecule has 0 N–H and O–H groups in total. The Labute approximate surface area is 170 Å². The summed E-state index contributed by atoms with van der Waals surface area (Å²) in [5, 5.41) is 0.799. The molecule has 4 rings (SSSR count). The van der Waals surface area contributed by atoms with Crippen molar-refractivity contribution in [3.05, 3.63) is 108 Å². The van der Waals surface area contributed by atoms with Gasteiger partial charge in [-0.25, -0.2) is 0 Å². The van der Waals surface area contributed by atoms with Crippen LogP contribution < -0.4 is 0 Å². The number of para-hydroxylation sites is 1. The molecule has 0 aliphatic carbocycles. The van der Waals surface area contributed by atoms with Crippen molar-refractivity contribution < 1.29 is 9.59 Å². The minimum atomic E-state index is -0.492. The van der Waals surface area contributed by atoms with E-state index in [9.17, 15) is 9.59 Å². The molecule has 1 amide bonds. The highest BCUT2D eigenvalue weighted by atomic mass is 16.2. The smallest absolute Gasteiger partial charge is 0.295 e. The second-order valence-electron chi connectivity index (χ2n) is 7.13. The number of fused-ring (bicyclic) bond motifs is 1. The highest BCUT2D eigenvalue weighted by Gasteiger charge is 2.26. The Bertz CT molecular complexity index is 1110. The zero-order valence-corrected chi connectivity index (χ0v) is 16.3. The summed E-state index contributed by atoms with van der Waals surface area (Å²) >= 11 is 0. The lowest BCUT2D eigenvalue weighted by atomic mass is 10.1. The molecule has 1 heterocycles. The first-order chi connectivity index (χ1) is 14.1. The summed E-state index contributed by atoms with van der Waals surface area (Å²) in [5.74, 6) is -0.970. The van der Waals surface area contributed by atoms with E-state index in [0.29, 0.717) is 18.7 Å². The Morgan fingerprint density at radius 3 is 1.86 bits per heavy atom. The Balaban J connectivity index is 1.67. The van der Waals surface area contributed by atoms with E-state index >= 15 is 0 Å². The van der Waals surface area contributed by atoms with Crippen molar-refractivity contribution in [1.82, 2.24) is 9.47 Å². The van der Waals surface area contributed by atoms with E-state index in [4.69, 9.17) is 0 Å². The normalized spacial score (nSPS) is 10.8. The molecule has 29 heavy (non-hydrogen) atoms. The molecular weight excluding hydrogens is 360 g/mol. The number of Topliss-reactive ketones (excluding diaryl/α,β-unsaturated/α-hetero) is 1. The van der Waals surface area contributed by atoms with Crippen molar-refractivity contribution in [3.63, 3.8) is 0 Å². The van der Waals surface area contributed by atoms with E-state index in [2.05, 4.69) is 0 Å². The Hall–Kier alpha value is -3.66. The summed E-state index contributed by atoms with van der Waals surface area (Å²) in [6.07, 6.45) is 1.74. The predicted molar refractivity (Wildman–Crippen MR) is 114 cm³/mol. The highest BCUT2D eigenvalue weighted by Crippen LogP contribution is 2.22. The molecule has 0 spiro atoms. The standard InChI is InChI=1S/C25H22N2O2/c1-26-18-22(21-14-8-9-15-23(21)26)24(28)25(29)27(16-19-10-4-2-5-11-19)17-20-12-6-3-7-13-20/h2-15,18H,16-17H2,1H3. The van der Waals surface area contributed by atoms with Crippen LogP contribution >= 0.6 is 0 Å². The molecule has 0 fully saturated rings. The number of rotatable bonds is 6. The third-order valence-electron chi connectivity index (χ3n) is 5.06. The van der Waals surface area contributed by atoms with Crippen LogP contribution in [0.3, 0.4) is 0 Å². The molecule has 0 saturated carbocycles. The van der Waals surface area contributed by atoms with Crippen molar-refractivity contribution in [1.29, 1.82) is 0 Å². The lowest BCUT2D eigenvalue weighted by Gasteiger charge is -2.22. The molecule has 4 heteroatoms. The molecule has 4 nitrogen and oxygen atoms in total. The van der Waals surface area contributed by atoms with Gasteiger partial charge >= 0.3 is 0 Å². The molecule has 1 aromatic heterocycles. The van der Waals surface area contributed by atoms with Gasteiger partial charge in [-0.15, -0.1) is 0 Å².